The van der Waals surface area contributed by atoms with Crippen LogP contribution in [0.4, 0.5) is 0 Å². The molecule has 4 heteroatoms. The summed E-state index contributed by atoms with van der Waals surface area (Å²) in [5, 5.41) is 0. The Hall–Kier alpha value is -0.0900. The van der Waals surface area contributed by atoms with E-state index in [-0.39, 0.29) is 11.7 Å². The van der Waals surface area contributed by atoms with Gasteiger partial charge in [-0.1, -0.05) is 40.0 Å². The molecule has 0 bridgehead atoms. The van der Waals surface area contributed by atoms with Crippen molar-refractivity contribution in [3.05, 3.63) is 0 Å². The van der Waals surface area contributed by atoms with Crippen molar-refractivity contribution in [2.75, 3.05) is 18.1 Å². The van der Waals surface area contributed by atoms with Gasteiger partial charge in [-0.25, -0.2) is 8.42 Å². The van der Waals surface area contributed by atoms with Crippen LogP contribution in [0.5, 0.6) is 0 Å². The largest absolute Gasteiger partial charge is 0.330 e. The summed E-state index contributed by atoms with van der Waals surface area (Å²) < 4.78 is 23.8. The Kier molecular flexibility index (Phi) is 8.02. The third-order valence-electron chi connectivity index (χ3n) is 2.97. The molecule has 0 radical (unpaired) electrons. The van der Waals surface area contributed by atoms with Crippen molar-refractivity contribution in [2.24, 2.45) is 17.6 Å². The molecular formula is C12H27NO2S. The number of hydrogen-bond donors (Lipinski definition) is 1. The van der Waals surface area contributed by atoms with Crippen LogP contribution in [0.15, 0.2) is 0 Å². The van der Waals surface area contributed by atoms with E-state index >= 15 is 0 Å². The minimum absolute atomic E-state index is 0.0775. The monoisotopic (exact) mass is 249 g/mol. The molecule has 3 nitrogen and oxygen atoms in total. The molecule has 2 unspecified atom stereocenters. The summed E-state index contributed by atoms with van der Waals surface area (Å²) in [5.41, 5.74) is 5.46. The Balaban J connectivity index is 4.20. The van der Waals surface area contributed by atoms with E-state index in [9.17, 15) is 8.42 Å². The molecule has 0 saturated heterocycles. The highest BCUT2D eigenvalue weighted by Crippen LogP contribution is 2.16. The van der Waals surface area contributed by atoms with E-state index in [0.717, 1.165) is 25.7 Å². The summed E-state index contributed by atoms with van der Waals surface area (Å²) in [6.07, 6.45) is 4.25. The molecule has 0 aromatic rings. The van der Waals surface area contributed by atoms with E-state index in [4.69, 9.17) is 5.73 Å². The molecule has 0 spiro atoms. The number of rotatable bonds is 9. The van der Waals surface area contributed by atoms with Gasteiger partial charge in [0, 0.05) is 0 Å². The van der Waals surface area contributed by atoms with Gasteiger partial charge in [-0.15, -0.1) is 0 Å². The number of unbranched alkanes of at least 4 members (excludes halogenated alkanes) is 1. The SMILES string of the molecule is CCCCC(CC)CS(=O)(=O)CC(C)CN. The fourth-order valence-electron chi connectivity index (χ4n) is 1.83. The van der Waals surface area contributed by atoms with Crippen molar-refractivity contribution >= 4 is 9.84 Å². The van der Waals surface area contributed by atoms with Crippen LogP contribution in [0, 0.1) is 11.8 Å². The highest BCUT2D eigenvalue weighted by Gasteiger charge is 2.19. The Labute approximate surface area is 101 Å². The summed E-state index contributed by atoms with van der Waals surface area (Å²) in [5.74, 6) is 0.989. The van der Waals surface area contributed by atoms with Gasteiger partial charge in [-0.05, 0) is 24.8 Å². The third-order valence-corrected chi connectivity index (χ3v) is 5.03. The Morgan fingerprint density at radius 3 is 2.25 bits per heavy atom. The highest BCUT2D eigenvalue weighted by molar-refractivity contribution is 7.91. The van der Waals surface area contributed by atoms with E-state index in [1.54, 1.807) is 0 Å². The van der Waals surface area contributed by atoms with Crippen LogP contribution in [0.3, 0.4) is 0 Å². The van der Waals surface area contributed by atoms with Gasteiger partial charge in [0.1, 0.15) is 0 Å². The van der Waals surface area contributed by atoms with Crippen LogP contribution in [0.25, 0.3) is 0 Å². The maximum Gasteiger partial charge on any atom is 0.150 e. The standard InChI is InChI=1S/C12H27NO2S/c1-4-6-7-12(5-2)10-16(14,15)9-11(3)8-13/h11-12H,4-10,13H2,1-3H3. The summed E-state index contributed by atoms with van der Waals surface area (Å²) in [6, 6.07) is 0. The van der Waals surface area contributed by atoms with Crippen molar-refractivity contribution in [1.82, 2.24) is 0 Å². The quantitative estimate of drug-likeness (QED) is 0.681. The van der Waals surface area contributed by atoms with Gasteiger partial charge in [-0.2, -0.15) is 0 Å². The molecule has 0 aliphatic carbocycles. The zero-order valence-electron chi connectivity index (χ0n) is 10.9. The molecule has 0 aromatic heterocycles. The van der Waals surface area contributed by atoms with Crippen molar-refractivity contribution in [3.63, 3.8) is 0 Å². The molecule has 0 aliphatic heterocycles. The van der Waals surface area contributed by atoms with Crippen LogP contribution in [-0.2, 0) is 9.84 Å². The lowest BCUT2D eigenvalue weighted by molar-refractivity contribution is 0.480. The number of hydrogen-bond acceptors (Lipinski definition) is 3. The average molecular weight is 249 g/mol. The second-order valence-corrected chi connectivity index (χ2v) is 6.99. The molecular weight excluding hydrogens is 222 g/mol. The van der Waals surface area contributed by atoms with Gasteiger partial charge < -0.3 is 5.73 Å². The third kappa shape index (κ3) is 7.23. The van der Waals surface area contributed by atoms with Gasteiger partial charge in [0.2, 0.25) is 0 Å². The van der Waals surface area contributed by atoms with Crippen LogP contribution in [0.1, 0.15) is 46.5 Å². The second kappa shape index (κ2) is 8.07. The predicted octanol–water partition coefficient (Wildman–Crippen LogP) is 2.21. The molecule has 0 saturated carbocycles. The average Bonchev–Trinajstić information content (AvgIpc) is 2.23. The Morgan fingerprint density at radius 1 is 1.19 bits per heavy atom. The first-order chi connectivity index (χ1) is 7.45. The second-order valence-electron chi connectivity index (χ2n) is 4.83. The van der Waals surface area contributed by atoms with Gasteiger partial charge in [-0.3, -0.25) is 0 Å². The summed E-state index contributed by atoms with van der Waals surface area (Å²) >= 11 is 0. The van der Waals surface area contributed by atoms with Crippen molar-refractivity contribution in [1.29, 1.82) is 0 Å². The van der Waals surface area contributed by atoms with Crippen LogP contribution in [0.2, 0.25) is 0 Å². The molecule has 98 valence electrons. The van der Waals surface area contributed by atoms with Crippen molar-refractivity contribution in [2.45, 2.75) is 46.5 Å². The summed E-state index contributed by atoms with van der Waals surface area (Å²) in [6.45, 7) is 6.55. The highest BCUT2D eigenvalue weighted by atomic mass is 32.2. The fraction of sp³-hybridized carbons (Fsp3) is 1.00. The van der Waals surface area contributed by atoms with E-state index < -0.39 is 9.84 Å². The maximum absolute atomic E-state index is 11.9. The number of sulfone groups is 1. The zero-order valence-corrected chi connectivity index (χ0v) is 11.7. The molecule has 0 aromatic carbocycles. The first-order valence-electron chi connectivity index (χ1n) is 6.35. The van der Waals surface area contributed by atoms with Gasteiger partial charge in [0.15, 0.2) is 9.84 Å². The van der Waals surface area contributed by atoms with Crippen molar-refractivity contribution in [3.8, 4) is 0 Å². The van der Waals surface area contributed by atoms with Crippen molar-refractivity contribution < 1.29 is 8.42 Å². The first-order valence-corrected chi connectivity index (χ1v) is 8.17. The molecule has 0 amide bonds. The number of nitrogens with two attached hydrogens (primary N) is 1. The molecule has 0 fully saturated rings. The minimum Gasteiger partial charge on any atom is -0.330 e. The Bertz CT molecular complexity index is 262. The van der Waals surface area contributed by atoms with E-state index in [2.05, 4.69) is 13.8 Å². The molecule has 2 N–H and O–H groups in total. The Morgan fingerprint density at radius 2 is 1.81 bits per heavy atom. The minimum atomic E-state index is -2.91. The fourth-order valence-corrected chi connectivity index (χ4v) is 4.09. The van der Waals surface area contributed by atoms with Gasteiger partial charge >= 0.3 is 0 Å². The molecule has 2 atom stereocenters. The lowest BCUT2D eigenvalue weighted by Gasteiger charge is -2.16. The summed E-state index contributed by atoms with van der Waals surface area (Å²) in [4.78, 5) is 0. The molecule has 16 heavy (non-hydrogen) atoms. The lowest BCUT2D eigenvalue weighted by atomic mass is 10.0. The van der Waals surface area contributed by atoms with Gasteiger partial charge in [0.25, 0.3) is 0 Å². The van der Waals surface area contributed by atoms with E-state index in [1.165, 1.54) is 0 Å². The van der Waals surface area contributed by atoms with Crippen LogP contribution in [-0.4, -0.2) is 26.5 Å². The van der Waals surface area contributed by atoms with Gasteiger partial charge in [0.05, 0.1) is 11.5 Å². The topological polar surface area (TPSA) is 60.2 Å². The predicted molar refractivity (Wildman–Crippen MR) is 70.2 cm³/mol. The first kappa shape index (κ1) is 15.9. The van der Waals surface area contributed by atoms with Crippen LogP contribution < -0.4 is 5.73 Å². The normalized spacial score (nSPS) is 16.0. The molecule has 0 rings (SSSR count). The molecule has 0 aliphatic rings. The lowest BCUT2D eigenvalue weighted by Crippen LogP contribution is -2.25. The summed E-state index contributed by atoms with van der Waals surface area (Å²) in [7, 11) is -2.91. The molecule has 0 heterocycles. The van der Waals surface area contributed by atoms with E-state index in [0.29, 0.717) is 18.2 Å². The zero-order chi connectivity index (χ0) is 12.6. The van der Waals surface area contributed by atoms with E-state index in [1.807, 2.05) is 6.92 Å². The smallest absolute Gasteiger partial charge is 0.150 e. The maximum atomic E-state index is 11.9. The van der Waals surface area contributed by atoms with Crippen LogP contribution >= 0.6 is 0 Å².